The predicted octanol–water partition coefficient (Wildman–Crippen LogP) is 4.70. The van der Waals surface area contributed by atoms with Crippen LogP contribution in [0.15, 0.2) is 12.1 Å². The molecule has 0 aliphatic heterocycles. The Labute approximate surface area is 149 Å². The monoisotopic (exact) mass is 349 g/mol. The minimum Gasteiger partial charge on any atom is -0.388 e. The van der Waals surface area contributed by atoms with E-state index in [0.29, 0.717) is 6.42 Å². The molecule has 0 spiro atoms. The third-order valence-corrected chi connectivity index (χ3v) is 7.50. The lowest BCUT2D eigenvalue weighted by Crippen LogP contribution is -2.38. The Morgan fingerprint density at radius 3 is 2.62 bits per heavy atom. The van der Waals surface area contributed by atoms with Crippen molar-refractivity contribution in [2.75, 3.05) is 6.54 Å². The highest BCUT2D eigenvalue weighted by Gasteiger charge is 2.37. The van der Waals surface area contributed by atoms with E-state index in [-0.39, 0.29) is 11.3 Å². The fraction of sp³-hybridized carbons (Fsp3) is 0.750. The van der Waals surface area contributed by atoms with Gasteiger partial charge >= 0.3 is 0 Å². The van der Waals surface area contributed by atoms with E-state index in [1.165, 1.54) is 43.4 Å². The molecule has 3 nitrogen and oxygen atoms in total. The van der Waals surface area contributed by atoms with Crippen molar-refractivity contribution >= 4 is 17.2 Å². The van der Waals surface area contributed by atoms with Crippen molar-refractivity contribution in [3.05, 3.63) is 21.9 Å². The van der Waals surface area contributed by atoms with E-state index in [1.54, 1.807) is 11.3 Å². The number of aliphatic hydroxyl groups is 1. The normalized spacial score (nSPS) is 21.9. The molecule has 1 heterocycles. The molecular formula is C20H31NO2S. The van der Waals surface area contributed by atoms with Crippen molar-refractivity contribution in [3.63, 3.8) is 0 Å². The lowest BCUT2D eigenvalue weighted by atomic mass is 9.84. The molecule has 1 amide bonds. The summed E-state index contributed by atoms with van der Waals surface area (Å²) in [5, 5.41) is 13.0. The van der Waals surface area contributed by atoms with Gasteiger partial charge in [-0.05, 0) is 44.2 Å². The lowest BCUT2D eigenvalue weighted by molar-refractivity contribution is -0.121. The zero-order valence-electron chi connectivity index (χ0n) is 14.9. The number of amides is 1. The number of hydrogen-bond acceptors (Lipinski definition) is 3. The Kier molecular flexibility index (Phi) is 5.98. The molecular weight excluding hydrogens is 318 g/mol. The van der Waals surface area contributed by atoms with Crippen LogP contribution < -0.4 is 5.32 Å². The Bertz CT molecular complexity index is 540. The Balaban J connectivity index is 1.56. The van der Waals surface area contributed by atoms with Crippen molar-refractivity contribution in [1.82, 2.24) is 5.32 Å². The number of nitrogens with one attached hydrogen (secondary N) is 1. The van der Waals surface area contributed by atoms with E-state index in [0.717, 1.165) is 36.6 Å². The third-order valence-electron chi connectivity index (χ3n) is 6.00. The Morgan fingerprint density at radius 2 is 2.00 bits per heavy atom. The third kappa shape index (κ3) is 4.20. The van der Waals surface area contributed by atoms with E-state index >= 15 is 0 Å². The minimum absolute atomic E-state index is 0.0980. The number of thiophene rings is 1. The summed E-state index contributed by atoms with van der Waals surface area (Å²) < 4.78 is 0. The maximum absolute atomic E-state index is 12.3. The van der Waals surface area contributed by atoms with Gasteiger partial charge in [0.05, 0.1) is 6.10 Å². The van der Waals surface area contributed by atoms with Gasteiger partial charge in [0.25, 0.3) is 0 Å². The molecule has 2 N–H and O–H groups in total. The van der Waals surface area contributed by atoms with Gasteiger partial charge < -0.3 is 10.4 Å². The molecule has 0 radical (unpaired) electrons. The summed E-state index contributed by atoms with van der Waals surface area (Å²) in [6, 6.07) is 4.22. The van der Waals surface area contributed by atoms with Crippen LogP contribution in [0.1, 0.15) is 87.0 Å². The summed E-state index contributed by atoms with van der Waals surface area (Å²) in [6.07, 6.45) is 11.4. The first-order valence-corrected chi connectivity index (χ1v) is 10.5. The fourth-order valence-corrected chi connectivity index (χ4v) is 5.60. The highest BCUT2D eigenvalue weighted by atomic mass is 32.1. The van der Waals surface area contributed by atoms with Crippen LogP contribution in [0.3, 0.4) is 0 Å². The van der Waals surface area contributed by atoms with Crippen molar-refractivity contribution < 1.29 is 9.90 Å². The number of hydrogen-bond donors (Lipinski definition) is 2. The SMILES string of the molecule is CC(O)c1ccc(C2(CNC(=O)CCC3CCCC3)CCCC2)s1. The molecule has 1 aromatic heterocycles. The molecule has 1 unspecified atom stereocenters. The van der Waals surface area contributed by atoms with Crippen LogP contribution in [0.4, 0.5) is 0 Å². The topological polar surface area (TPSA) is 49.3 Å². The summed E-state index contributed by atoms with van der Waals surface area (Å²) in [7, 11) is 0. The second-order valence-corrected chi connectivity index (χ2v) is 8.95. The zero-order valence-corrected chi connectivity index (χ0v) is 15.7. The maximum Gasteiger partial charge on any atom is 0.220 e. The molecule has 2 saturated carbocycles. The van der Waals surface area contributed by atoms with Crippen LogP contribution in [-0.2, 0) is 10.2 Å². The summed E-state index contributed by atoms with van der Waals surface area (Å²) in [6.45, 7) is 2.58. The van der Waals surface area contributed by atoms with Gasteiger partial charge in [-0.1, -0.05) is 38.5 Å². The molecule has 24 heavy (non-hydrogen) atoms. The summed E-state index contributed by atoms with van der Waals surface area (Å²) in [4.78, 5) is 14.7. The Hall–Kier alpha value is -0.870. The standard InChI is InChI=1S/C20H31NO2S/c1-15(22)17-9-10-18(24-17)20(12-4-5-13-20)14-21-19(23)11-8-16-6-2-3-7-16/h9-10,15-16,22H,2-8,11-14H2,1H3,(H,21,23). The van der Waals surface area contributed by atoms with Crippen LogP contribution in [0.2, 0.25) is 0 Å². The van der Waals surface area contributed by atoms with Crippen LogP contribution in [0.25, 0.3) is 0 Å². The zero-order chi connectivity index (χ0) is 17.0. The average molecular weight is 350 g/mol. The average Bonchev–Trinajstić information content (AvgIpc) is 3.32. The second-order valence-electron chi connectivity index (χ2n) is 7.83. The predicted molar refractivity (Wildman–Crippen MR) is 99.3 cm³/mol. The summed E-state index contributed by atoms with van der Waals surface area (Å²) in [5.41, 5.74) is 0.0980. The second kappa shape index (κ2) is 8.01. The highest BCUT2D eigenvalue weighted by molar-refractivity contribution is 7.12. The molecule has 4 heteroatoms. The molecule has 1 atom stereocenters. The molecule has 0 saturated heterocycles. The van der Waals surface area contributed by atoms with E-state index in [2.05, 4.69) is 11.4 Å². The van der Waals surface area contributed by atoms with Crippen molar-refractivity contribution in [2.24, 2.45) is 5.92 Å². The Morgan fingerprint density at radius 1 is 1.29 bits per heavy atom. The van der Waals surface area contributed by atoms with E-state index in [4.69, 9.17) is 0 Å². The first-order valence-electron chi connectivity index (χ1n) is 9.64. The van der Waals surface area contributed by atoms with Crippen LogP contribution in [0.5, 0.6) is 0 Å². The van der Waals surface area contributed by atoms with Crippen LogP contribution in [0, 0.1) is 5.92 Å². The first-order chi connectivity index (χ1) is 11.6. The van der Waals surface area contributed by atoms with Crippen molar-refractivity contribution in [3.8, 4) is 0 Å². The fourth-order valence-electron chi connectivity index (χ4n) is 4.41. The maximum atomic E-state index is 12.3. The van der Waals surface area contributed by atoms with Gasteiger partial charge in [-0.3, -0.25) is 4.79 Å². The van der Waals surface area contributed by atoms with Gasteiger partial charge in [-0.2, -0.15) is 0 Å². The minimum atomic E-state index is -0.400. The molecule has 2 fully saturated rings. The summed E-state index contributed by atoms with van der Waals surface area (Å²) in [5.74, 6) is 1.00. The molecule has 1 aromatic rings. The molecule has 2 aliphatic rings. The van der Waals surface area contributed by atoms with Gasteiger partial charge in [0, 0.05) is 28.1 Å². The molecule has 2 aliphatic carbocycles. The van der Waals surface area contributed by atoms with Gasteiger partial charge in [0.15, 0.2) is 0 Å². The van der Waals surface area contributed by atoms with E-state index < -0.39 is 6.10 Å². The van der Waals surface area contributed by atoms with Gasteiger partial charge in [-0.25, -0.2) is 0 Å². The van der Waals surface area contributed by atoms with Gasteiger partial charge in [0.1, 0.15) is 0 Å². The molecule has 134 valence electrons. The van der Waals surface area contributed by atoms with Gasteiger partial charge in [0.2, 0.25) is 5.91 Å². The first kappa shape index (κ1) is 17.9. The number of rotatable bonds is 7. The largest absolute Gasteiger partial charge is 0.388 e. The van der Waals surface area contributed by atoms with Crippen LogP contribution in [-0.4, -0.2) is 17.6 Å². The van der Waals surface area contributed by atoms with Crippen LogP contribution >= 0.6 is 11.3 Å². The number of aliphatic hydroxyl groups excluding tert-OH is 1. The number of carbonyl (C=O) groups excluding carboxylic acids is 1. The molecule has 0 aromatic carbocycles. The summed E-state index contributed by atoms with van der Waals surface area (Å²) >= 11 is 1.72. The smallest absolute Gasteiger partial charge is 0.220 e. The quantitative estimate of drug-likeness (QED) is 0.749. The number of carbonyl (C=O) groups is 1. The van der Waals surface area contributed by atoms with Gasteiger partial charge in [-0.15, -0.1) is 11.3 Å². The van der Waals surface area contributed by atoms with E-state index in [9.17, 15) is 9.90 Å². The molecule has 0 bridgehead atoms. The lowest BCUT2D eigenvalue weighted by Gasteiger charge is -2.28. The van der Waals surface area contributed by atoms with Crippen molar-refractivity contribution in [2.45, 2.75) is 82.7 Å². The van der Waals surface area contributed by atoms with Crippen molar-refractivity contribution in [1.29, 1.82) is 0 Å². The highest BCUT2D eigenvalue weighted by Crippen LogP contribution is 2.44. The molecule has 3 rings (SSSR count). The van der Waals surface area contributed by atoms with E-state index in [1.807, 2.05) is 13.0 Å².